The van der Waals surface area contributed by atoms with Gasteiger partial charge in [-0.05, 0) is 42.9 Å². The number of hydrogen-bond acceptors (Lipinski definition) is 3. The molecule has 0 N–H and O–H groups in total. The Morgan fingerprint density at radius 1 is 1.11 bits per heavy atom. The Balaban J connectivity index is 0. The van der Waals surface area contributed by atoms with E-state index >= 15 is 0 Å². The summed E-state index contributed by atoms with van der Waals surface area (Å²) in [7, 11) is 1.33. The van der Waals surface area contributed by atoms with Crippen LogP contribution in [-0.2, 0) is 9.53 Å². The van der Waals surface area contributed by atoms with Gasteiger partial charge < -0.3 is 4.74 Å². The number of rotatable bonds is 6. The van der Waals surface area contributed by atoms with E-state index in [1.807, 2.05) is 13.8 Å². The first-order valence-electron chi connectivity index (χ1n) is 10.4. The van der Waals surface area contributed by atoms with Crippen molar-refractivity contribution in [2.24, 2.45) is 0 Å². The van der Waals surface area contributed by atoms with E-state index in [0.29, 0.717) is 0 Å². The van der Waals surface area contributed by atoms with Crippen molar-refractivity contribution in [3.63, 3.8) is 0 Å². The van der Waals surface area contributed by atoms with Crippen LogP contribution in [0.1, 0.15) is 96.1 Å². The first kappa shape index (κ1) is 28.7. The fraction of sp³-hybridized carbons (Fsp3) is 0.696. The van der Waals surface area contributed by atoms with Crippen molar-refractivity contribution >= 4 is 34.5 Å². The summed E-state index contributed by atoms with van der Waals surface area (Å²) in [6.45, 7) is 10.7. The van der Waals surface area contributed by atoms with Crippen LogP contribution in [0.25, 0.3) is 0 Å². The van der Waals surface area contributed by atoms with Gasteiger partial charge in [-0.1, -0.05) is 94.3 Å². The van der Waals surface area contributed by atoms with Crippen LogP contribution in [-0.4, -0.2) is 18.8 Å². The minimum absolute atomic E-state index is 0.163. The molecule has 0 heterocycles. The van der Waals surface area contributed by atoms with E-state index in [-0.39, 0.29) is 11.7 Å². The molecular formula is C23H41BrO2S. The Morgan fingerprint density at radius 2 is 1.59 bits per heavy atom. The van der Waals surface area contributed by atoms with E-state index in [1.165, 1.54) is 74.1 Å². The van der Waals surface area contributed by atoms with Crippen LogP contribution >= 0.6 is 28.6 Å². The van der Waals surface area contributed by atoms with Gasteiger partial charge in [-0.3, -0.25) is 4.79 Å². The molecule has 0 unspecified atom stereocenters. The van der Waals surface area contributed by atoms with Crippen molar-refractivity contribution < 1.29 is 9.53 Å². The molecule has 27 heavy (non-hydrogen) atoms. The molecule has 0 atom stereocenters. The highest BCUT2D eigenvalue weighted by Crippen LogP contribution is 2.29. The maximum atomic E-state index is 9.88. The number of thiol groups is 1. The second-order valence-corrected chi connectivity index (χ2v) is 7.60. The average molecular weight is 462 g/mol. The Kier molecular flexibility index (Phi) is 21.6. The average Bonchev–Trinajstić information content (AvgIpc) is 2.64. The Hall–Kier alpha value is -0.480. The first-order chi connectivity index (χ1) is 13.0. The number of hydrogen-bond donors (Lipinski definition) is 1. The zero-order chi connectivity index (χ0) is 21.1. The van der Waals surface area contributed by atoms with Crippen molar-refractivity contribution in [1.82, 2.24) is 0 Å². The SMILES string of the molecule is C1CCC1.CC.CCCC(CCC)c1ccc(Br)c(C)c1.COC(=O)CS. The number of esters is 1. The molecule has 158 valence electrons. The van der Waals surface area contributed by atoms with E-state index in [0.717, 1.165) is 5.92 Å². The van der Waals surface area contributed by atoms with Gasteiger partial charge in [-0.25, -0.2) is 0 Å². The molecule has 1 aromatic rings. The number of ether oxygens (including phenoxy) is 1. The molecule has 0 aromatic heterocycles. The van der Waals surface area contributed by atoms with Gasteiger partial charge in [0.2, 0.25) is 0 Å². The van der Waals surface area contributed by atoms with Gasteiger partial charge in [0.25, 0.3) is 0 Å². The number of methoxy groups -OCH3 is 1. The van der Waals surface area contributed by atoms with Gasteiger partial charge in [-0.15, -0.1) is 0 Å². The molecule has 2 nitrogen and oxygen atoms in total. The summed E-state index contributed by atoms with van der Waals surface area (Å²) in [5.74, 6) is 0.626. The maximum absolute atomic E-state index is 9.88. The first-order valence-corrected chi connectivity index (χ1v) is 11.9. The van der Waals surface area contributed by atoms with Crippen molar-refractivity contribution in [3.05, 3.63) is 33.8 Å². The topological polar surface area (TPSA) is 26.3 Å². The van der Waals surface area contributed by atoms with Crippen LogP contribution in [0.5, 0.6) is 0 Å². The Morgan fingerprint density at radius 3 is 1.85 bits per heavy atom. The third-order valence-electron chi connectivity index (χ3n) is 4.28. The van der Waals surface area contributed by atoms with E-state index in [1.54, 1.807) is 0 Å². The molecule has 0 saturated heterocycles. The highest BCUT2D eigenvalue weighted by Gasteiger charge is 2.10. The number of aryl methyl sites for hydroxylation is 1. The molecule has 1 fully saturated rings. The molecule has 0 aliphatic heterocycles. The standard InChI is InChI=1S/C14H21Br.C4H8.C3H6O2S.C2H6/c1-4-6-12(7-5-2)13-8-9-14(15)11(3)10-13;1-2-4-3-1;1-5-3(4)2-6;1-2/h8-10,12H,4-7H2,1-3H3;1-4H2;6H,2H2,1H3;1-2H3. The minimum atomic E-state index is -0.293. The van der Waals surface area contributed by atoms with Crippen LogP contribution in [0.2, 0.25) is 0 Å². The zero-order valence-electron chi connectivity index (χ0n) is 18.3. The molecular weight excluding hydrogens is 420 g/mol. The predicted octanol–water partition coefficient (Wildman–Crippen LogP) is 8.12. The van der Waals surface area contributed by atoms with Crippen LogP contribution < -0.4 is 0 Å². The summed E-state index contributed by atoms with van der Waals surface area (Å²) in [6.07, 6.45) is 11.2. The van der Waals surface area contributed by atoms with Crippen LogP contribution in [0.3, 0.4) is 0 Å². The predicted molar refractivity (Wildman–Crippen MR) is 127 cm³/mol. The zero-order valence-corrected chi connectivity index (χ0v) is 20.8. The lowest BCUT2D eigenvalue weighted by molar-refractivity contribution is -0.137. The molecule has 2 rings (SSSR count). The van der Waals surface area contributed by atoms with Gasteiger partial charge in [0.15, 0.2) is 0 Å². The molecule has 0 radical (unpaired) electrons. The lowest BCUT2D eigenvalue weighted by atomic mass is 9.90. The Bertz CT molecular complexity index is 457. The molecule has 4 heteroatoms. The molecule has 1 aromatic carbocycles. The number of carbonyl (C=O) groups excluding carboxylic acids is 1. The number of benzene rings is 1. The van der Waals surface area contributed by atoms with E-state index in [9.17, 15) is 4.79 Å². The summed E-state index contributed by atoms with van der Waals surface area (Å²) in [4.78, 5) is 9.88. The van der Waals surface area contributed by atoms with Crippen molar-refractivity contribution in [3.8, 4) is 0 Å². The molecule has 1 aliphatic carbocycles. The summed E-state index contributed by atoms with van der Waals surface area (Å²) in [5.41, 5.74) is 2.86. The second-order valence-electron chi connectivity index (χ2n) is 6.43. The Labute approximate surface area is 182 Å². The van der Waals surface area contributed by atoms with E-state index < -0.39 is 0 Å². The summed E-state index contributed by atoms with van der Waals surface area (Å²) in [6, 6.07) is 6.79. The highest BCUT2D eigenvalue weighted by molar-refractivity contribution is 9.10. The fourth-order valence-electron chi connectivity index (χ4n) is 2.41. The van der Waals surface area contributed by atoms with Crippen molar-refractivity contribution in [2.45, 2.75) is 91.9 Å². The van der Waals surface area contributed by atoms with E-state index in [2.05, 4.69) is 72.3 Å². The molecule has 0 bridgehead atoms. The van der Waals surface area contributed by atoms with Crippen molar-refractivity contribution in [1.29, 1.82) is 0 Å². The third-order valence-corrected chi connectivity index (χ3v) is 5.43. The maximum Gasteiger partial charge on any atom is 0.315 e. The lowest BCUT2D eigenvalue weighted by Gasteiger charge is -2.16. The van der Waals surface area contributed by atoms with Gasteiger partial charge in [0.05, 0.1) is 12.9 Å². The normalized spacial score (nSPS) is 11.6. The van der Waals surface area contributed by atoms with Gasteiger partial charge in [-0.2, -0.15) is 12.6 Å². The third kappa shape index (κ3) is 15.2. The van der Waals surface area contributed by atoms with Gasteiger partial charge in [0.1, 0.15) is 0 Å². The summed E-state index contributed by atoms with van der Waals surface area (Å²) < 4.78 is 5.40. The molecule has 0 spiro atoms. The summed E-state index contributed by atoms with van der Waals surface area (Å²) >= 11 is 7.18. The van der Waals surface area contributed by atoms with Gasteiger partial charge >= 0.3 is 5.97 Å². The molecule has 1 saturated carbocycles. The van der Waals surface area contributed by atoms with E-state index in [4.69, 9.17) is 0 Å². The molecule has 0 amide bonds. The van der Waals surface area contributed by atoms with Gasteiger partial charge in [0, 0.05) is 4.47 Å². The number of carbonyl (C=O) groups is 1. The van der Waals surface area contributed by atoms with Crippen LogP contribution in [0, 0.1) is 6.92 Å². The van der Waals surface area contributed by atoms with Crippen LogP contribution in [0.4, 0.5) is 0 Å². The monoisotopic (exact) mass is 460 g/mol. The molecule has 1 aliphatic rings. The van der Waals surface area contributed by atoms with Crippen molar-refractivity contribution in [2.75, 3.05) is 12.9 Å². The fourth-order valence-corrected chi connectivity index (χ4v) is 2.79. The largest absolute Gasteiger partial charge is 0.468 e. The smallest absolute Gasteiger partial charge is 0.315 e. The second kappa shape index (κ2) is 20.3. The van der Waals surface area contributed by atoms with Crippen LogP contribution in [0.15, 0.2) is 22.7 Å². The summed E-state index contributed by atoms with van der Waals surface area (Å²) in [5, 5.41) is 0. The lowest BCUT2D eigenvalue weighted by Crippen LogP contribution is -1.99. The highest BCUT2D eigenvalue weighted by atomic mass is 79.9. The minimum Gasteiger partial charge on any atom is -0.468 e. The quantitative estimate of drug-likeness (QED) is 0.342. The number of halogens is 1.